The smallest absolute Gasteiger partial charge is 0.247 e. The van der Waals surface area contributed by atoms with Crippen LogP contribution in [0.3, 0.4) is 0 Å². The van der Waals surface area contributed by atoms with Crippen molar-refractivity contribution in [1.29, 1.82) is 0 Å². The fourth-order valence-electron chi connectivity index (χ4n) is 3.10. The second kappa shape index (κ2) is 6.83. The van der Waals surface area contributed by atoms with Gasteiger partial charge < -0.3 is 9.55 Å². The summed E-state index contributed by atoms with van der Waals surface area (Å²) in [6.07, 6.45) is 1.49. The number of benzene rings is 2. The minimum atomic E-state index is -0.403. The predicted octanol–water partition coefficient (Wildman–Crippen LogP) is 5.19. The van der Waals surface area contributed by atoms with Crippen molar-refractivity contribution < 1.29 is 4.39 Å². The molecule has 0 aliphatic heterocycles. The van der Waals surface area contributed by atoms with Gasteiger partial charge in [-0.2, -0.15) is 0 Å². The van der Waals surface area contributed by atoms with Crippen LogP contribution in [0.15, 0.2) is 53.5 Å². The monoisotopic (exact) mass is 401 g/mol. The SMILES string of the molecule is Cc1nc2cc(F)c(-c3ccc(=O)[nH]c3)cc2n1Cc1cc(Cl)ccc1Cl. The van der Waals surface area contributed by atoms with E-state index in [1.807, 2.05) is 17.6 Å². The highest BCUT2D eigenvalue weighted by Gasteiger charge is 2.15. The Balaban J connectivity index is 1.87. The van der Waals surface area contributed by atoms with Crippen LogP contribution in [0.4, 0.5) is 4.39 Å². The summed E-state index contributed by atoms with van der Waals surface area (Å²) in [6, 6.07) is 11.4. The maximum atomic E-state index is 14.6. The molecule has 0 atom stereocenters. The number of halogens is 3. The Hall–Kier alpha value is -2.63. The number of aromatic nitrogens is 3. The van der Waals surface area contributed by atoms with Crippen molar-refractivity contribution in [2.24, 2.45) is 0 Å². The highest BCUT2D eigenvalue weighted by Crippen LogP contribution is 2.29. The third kappa shape index (κ3) is 3.36. The van der Waals surface area contributed by atoms with Crippen molar-refractivity contribution >= 4 is 34.2 Å². The van der Waals surface area contributed by atoms with E-state index in [-0.39, 0.29) is 5.56 Å². The first kappa shape index (κ1) is 17.8. The minimum Gasteiger partial charge on any atom is -0.328 e. The molecule has 2 aromatic heterocycles. The van der Waals surface area contributed by atoms with Crippen molar-refractivity contribution in [2.75, 3.05) is 0 Å². The number of rotatable bonds is 3. The molecule has 0 fully saturated rings. The first-order chi connectivity index (χ1) is 12.9. The lowest BCUT2D eigenvalue weighted by Crippen LogP contribution is -2.03. The number of hydrogen-bond acceptors (Lipinski definition) is 2. The predicted molar refractivity (Wildman–Crippen MR) is 106 cm³/mol. The van der Waals surface area contributed by atoms with E-state index < -0.39 is 5.82 Å². The van der Waals surface area contributed by atoms with Crippen LogP contribution in [0, 0.1) is 12.7 Å². The number of nitrogens with zero attached hydrogens (tertiary/aromatic N) is 2. The van der Waals surface area contributed by atoms with E-state index in [4.69, 9.17) is 23.2 Å². The number of hydrogen-bond donors (Lipinski definition) is 1. The van der Waals surface area contributed by atoms with Crippen LogP contribution in [-0.2, 0) is 6.54 Å². The van der Waals surface area contributed by atoms with Crippen molar-refractivity contribution in [3.05, 3.63) is 86.3 Å². The zero-order chi connectivity index (χ0) is 19.1. The highest BCUT2D eigenvalue weighted by molar-refractivity contribution is 6.33. The maximum Gasteiger partial charge on any atom is 0.247 e. The Morgan fingerprint density at radius 3 is 2.70 bits per heavy atom. The number of H-pyrrole nitrogens is 1. The van der Waals surface area contributed by atoms with Crippen LogP contribution in [0.5, 0.6) is 0 Å². The van der Waals surface area contributed by atoms with E-state index in [0.717, 1.165) is 16.9 Å². The molecule has 0 saturated heterocycles. The van der Waals surface area contributed by atoms with E-state index in [1.165, 1.54) is 18.3 Å². The second-order valence-electron chi connectivity index (χ2n) is 6.24. The van der Waals surface area contributed by atoms with Crippen LogP contribution in [0.1, 0.15) is 11.4 Å². The summed E-state index contributed by atoms with van der Waals surface area (Å²) >= 11 is 12.4. The summed E-state index contributed by atoms with van der Waals surface area (Å²) in [5.74, 6) is 0.332. The molecule has 0 aliphatic carbocycles. The number of pyridine rings is 1. The number of nitrogens with one attached hydrogen (secondary N) is 1. The standard InChI is InChI=1S/C20H14Cl2FN3O/c1-11-25-18-8-17(23)15(12-2-5-20(27)24-9-12)7-19(18)26(11)10-13-6-14(21)3-4-16(13)22/h2-9H,10H2,1H3,(H,24,27). The van der Waals surface area contributed by atoms with Gasteiger partial charge >= 0.3 is 0 Å². The second-order valence-corrected chi connectivity index (χ2v) is 7.09. The molecule has 0 aliphatic rings. The van der Waals surface area contributed by atoms with E-state index in [9.17, 15) is 9.18 Å². The third-order valence-corrected chi connectivity index (χ3v) is 5.06. The fraction of sp³-hybridized carbons (Fsp3) is 0.100. The number of aromatic amines is 1. The first-order valence-electron chi connectivity index (χ1n) is 8.22. The zero-order valence-electron chi connectivity index (χ0n) is 14.3. The molecule has 0 unspecified atom stereocenters. The lowest BCUT2D eigenvalue weighted by molar-refractivity contribution is 0.632. The number of aryl methyl sites for hydroxylation is 1. The average Bonchev–Trinajstić information content (AvgIpc) is 2.93. The fourth-order valence-corrected chi connectivity index (χ4v) is 3.47. The molecule has 1 N–H and O–H groups in total. The molecule has 0 amide bonds. The van der Waals surface area contributed by atoms with Gasteiger partial charge in [-0.1, -0.05) is 23.2 Å². The van der Waals surface area contributed by atoms with Gasteiger partial charge in [0.1, 0.15) is 11.6 Å². The number of fused-ring (bicyclic) bond motifs is 1. The zero-order valence-corrected chi connectivity index (χ0v) is 15.8. The van der Waals surface area contributed by atoms with Gasteiger partial charge in [0.25, 0.3) is 0 Å². The van der Waals surface area contributed by atoms with Crippen molar-refractivity contribution in [3.8, 4) is 11.1 Å². The van der Waals surface area contributed by atoms with Crippen molar-refractivity contribution in [3.63, 3.8) is 0 Å². The molecule has 4 rings (SSSR count). The minimum absolute atomic E-state index is 0.239. The topological polar surface area (TPSA) is 50.7 Å². The Labute approximate surface area is 164 Å². The summed E-state index contributed by atoms with van der Waals surface area (Å²) in [4.78, 5) is 18.3. The van der Waals surface area contributed by atoms with Gasteiger partial charge in [0, 0.05) is 39.5 Å². The van der Waals surface area contributed by atoms with Crippen LogP contribution in [0.25, 0.3) is 22.2 Å². The van der Waals surface area contributed by atoms with Gasteiger partial charge in [-0.3, -0.25) is 4.79 Å². The van der Waals surface area contributed by atoms with E-state index in [1.54, 1.807) is 24.3 Å². The van der Waals surface area contributed by atoms with Gasteiger partial charge in [0.05, 0.1) is 17.6 Å². The van der Waals surface area contributed by atoms with Gasteiger partial charge in [0.2, 0.25) is 5.56 Å². The van der Waals surface area contributed by atoms with Crippen LogP contribution in [0.2, 0.25) is 10.0 Å². The first-order valence-corrected chi connectivity index (χ1v) is 8.97. The van der Waals surface area contributed by atoms with E-state index in [0.29, 0.717) is 33.2 Å². The molecular weight excluding hydrogens is 388 g/mol. The van der Waals surface area contributed by atoms with E-state index >= 15 is 0 Å². The quantitative estimate of drug-likeness (QED) is 0.513. The summed E-state index contributed by atoms with van der Waals surface area (Å²) in [5.41, 5.74) is 2.90. The molecule has 0 saturated carbocycles. The molecule has 2 aromatic carbocycles. The molecule has 4 aromatic rings. The molecule has 2 heterocycles. The lowest BCUT2D eigenvalue weighted by Gasteiger charge is -2.10. The van der Waals surface area contributed by atoms with Gasteiger partial charge in [-0.05, 0) is 42.8 Å². The number of imidazole rings is 1. The Bertz CT molecular complexity index is 1210. The molecule has 4 nitrogen and oxygen atoms in total. The Kier molecular flexibility index (Phi) is 4.50. The van der Waals surface area contributed by atoms with Crippen LogP contribution in [-0.4, -0.2) is 14.5 Å². The molecular formula is C20H14Cl2FN3O. The van der Waals surface area contributed by atoms with Crippen molar-refractivity contribution in [2.45, 2.75) is 13.5 Å². The molecule has 136 valence electrons. The van der Waals surface area contributed by atoms with Gasteiger partial charge in [-0.15, -0.1) is 0 Å². The summed E-state index contributed by atoms with van der Waals surface area (Å²) in [5, 5.41) is 1.19. The largest absolute Gasteiger partial charge is 0.328 e. The average molecular weight is 402 g/mol. The molecule has 0 radical (unpaired) electrons. The third-order valence-electron chi connectivity index (χ3n) is 4.46. The van der Waals surface area contributed by atoms with Crippen LogP contribution < -0.4 is 5.56 Å². The van der Waals surface area contributed by atoms with E-state index in [2.05, 4.69) is 9.97 Å². The van der Waals surface area contributed by atoms with Crippen LogP contribution >= 0.6 is 23.2 Å². The van der Waals surface area contributed by atoms with Gasteiger partial charge in [-0.25, -0.2) is 9.37 Å². The summed E-state index contributed by atoms with van der Waals surface area (Å²) in [6.45, 7) is 2.31. The highest BCUT2D eigenvalue weighted by atomic mass is 35.5. The van der Waals surface area contributed by atoms with Gasteiger partial charge in [0.15, 0.2) is 0 Å². The molecule has 0 bridgehead atoms. The lowest BCUT2D eigenvalue weighted by atomic mass is 10.1. The molecule has 7 heteroatoms. The maximum absolute atomic E-state index is 14.6. The normalized spacial score (nSPS) is 11.3. The van der Waals surface area contributed by atoms with Crippen molar-refractivity contribution in [1.82, 2.24) is 14.5 Å². The Morgan fingerprint density at radius 2 is 1.96 bits per heavy atom. The summed E-state index contributed by atoms with van der Waals surface area (Å²) < 4.78 is 16.6. The molecule has 0 spiro atoms. The Morgan fingerprint density at radius 1 is 1.15 bits per heavy atom. The molecule has 27 heavy (non-hydrogen) atoms. The summed E-state index contributed by atoms with van der Waals surface area (Å²) in [7, 11) is 0.